The summed E-state index contributed by atoms with van der Waals surface area (Å²) in [5.74, 6) is 0.508. The number of allylic oxidation sites excluding steroid dienone is 2. The van der Waals surface area contributed by atoms with Gasteiger partial charge >= 0.3 is 6.03 Å². The van der Waals surface area contributed by atoms with Gasteiger partial charge in [-0.3, -0.25) is 4.79 Å². The van der Waals surface area contributed by atoms with Crippen LogP contribution in [0.15, 0.2) is 72.8 Å². The molecule has 0 spiro atoms. The number of rotatable bonds is 5. The molecule has 0 bridgehead atoms. The van der Waals surface area contributed by atoms with Gasteiger partial charge in [-0.15, -0.1) is 0 Å². The van der Waals surface area contributed by atoms with Crippen molar-refractivity contribution in [2.75, 3.05) is 4.90 Å². The monoisotopic (exact) mass is 402 g/mol. The summed E-state index contributed by atoms with van der Waals surface area (Å²) in [6.45, 7) is 5.79. The lowest BCUT2D eigenvalue weighted by Gasteiger charge is -2.29. The predicted octanol–water partition coefficient (Wildman–Crippen LogP) is 5.01. The normalized spacial score (nSPS) is 20.2. The third-order valence-corrected chi connectivity index (χ3v) is 5.70. The molecule has 1 atom stereocenters. The molecule has 5 nitrogen and oxygen atoms in total. The zero-order valence-corrected chi connectivity index (χ0v) is 17.5. The maximum absolute atomic E-state index is 13.4. The van der Waals surface area contributed by atoms with Crippen LogP contribution >= 0.6 is 0 Å². The molecular weight excluding hydrogens is 376 g/mol. The van der Waals surface area contributed by atoms with E-state index in [4.69, 9.17) is 4.74 Å². The van der Waals surface area contributed by atoms with E-state index in [0.29, 0.717) is 12.2 Å². The van der Waals surface area contributed by atoms with Gasteiger partial charge in [0, 0.05) is 12.0 Å². The number of anilines is 1. The van der Waals surface area contributed by atoms with Gasteiger partial charge in [-0.25, -0.2) is 9.69 Å². The lowest BCUT2D eigenvalue weighted by atomic mass is 10.0. The number of aryl methyl sites for hydroxylation is 1. The predicted molar refractivity (Wildman–Crippen MR) is 117 cm³/mol. The van der Waals surface area contributed by atoms with E-state index in [1.807, 2.05) is 73.7 Å². The van der Waals surface area contributed by atoms with E-state index >= 15 is 0 Å². The van der Waals surface area contributed by atoms with Gasteiger partial charge in [-0.05, 0) is 44.5 Å². The van der Waals surface area contributed by atoms with Gasteiger partial charge in [0.15, 0.2) is 0 Å². The highest BCUT2D eigenvalue weighted by Gasteiger charge is 2.52. The van der Waals surface area contributed by atoms with Crippen LogP contribution in [0.4, 0.5) is 10.5 Å². The van der Waals surface area contributed by atoms with E-state index < -0.39 is 5.54 Å². The number of carbonyl (C=O) groups excluding carboxylic acids is 2. The SMILES string of the molecule is Cc1ccccc1N1C(=O)N(Cc2ccccc2OC2C=CC=CC2)C(C)(C)C1=O. The minimum Gasteiger partial charge on any atom is -0.486 e. The first-order valence-electron chi connectivity index (χ1n) is 10.2. The smallest absolute Gasteiger partial charge is 0.332 e. The van der Waals surface area contributed by atoms with Crippen molar-refractivity contribution in [1.82, 2.24) is 4.90 Å². The van der Waals surface area contributed by atoms with Crippen LogP contribution in [0.1, 0.15) is 31.4 Å². The fraction of sp³-hybridized carbons (Fsp3) is 0.280. The summed E-state index contributed by atoms with van der Waals surface area (Å²) in [7, 11) is 0. The highest BCUT2D eigenvalue weighted by molar-refractivity contribution is 6.23. The fourth-order valence-electron chi connectivity index (χ4n) is 3.86. The Balaban J connectivity index is 1.63. The number of ether oxygens (including phenoxy) is 1. The van der Waals surface area contributed by atoms with Crippen LogP contribution in [0.25, 0.3) is 0 Å². The Labute approximate surface area is 177 Å². The van der Waals surface area contributed by atoms with Gasteiger partial charge in [0.05, 0.1) is 12.2 Å². The maximum atomic E-state index is 13.4. The fourth-order valence-corrected chi connectivity index (χ4v) is 3.86. The number of hydrogen-bond donors (Lipinski definition) is 0. The first-order chi connectivity index (χ1) is 14.4. The van der Waals surface area contributed by atoms with Crippen molar-refractivity contribution in [2.45, 2.75) is 45.4 Å². The molecule has 0 radical (unpaired) electrons. The van der Waals surface area contributed by atoms with Crippen molar-refractivity contribution < 1.29 is 14.3 Å². The summed E-state index contributed by atoms with van der Waals surface area (Å²) in [6.07, 6.45) is 8.83. The molecule has 4 rings (SSSR count). The first-order valence-corrected chi connectivity index (χ1v) is 10.2. The number of para-hydroxylation sites is 2. The van der Waals surface area contributed by atoms with Crippen LogP contribution in [0, 0.1) is 6.92 Å². The minimum absolute atomic E-state index is 0.0384. The molecule has 1 unspecified atom stereocenters. The maximum Gasteiger partial charge on any atom is 0.332 e. The second-order valence-electron chi connectivity index (χ2n) is 8.17. The Hall–Kier alpha value is -3.34. The minimum atomic E-state index is -0.958. The summed E-state index contributed by atoms with van der Waals surface area (Å²) in [6, 6.07) is 14.8. The first kappa shape index (κ1) is 20.0. The Bertz CT molecular complexity index is 1040. The van der Waals surface area contributed by atoms with Crippen molar-refractivity contribution in [2.24, 2.45) is 0 Å². The van der Waals surface area contributed by atoms with Gasteiger partial charge in [0.2, 0.25) is 0 Å². The van der Waals surface area contributed by atoms with Crippen molar-refractivity contribution in [3.63, 3.8) is 0 Å². The van der Waals surface area contributed by atoms with Crippen LogP contribution in [-0.2, 0) is 11.3 Å². The molecule has 154 valence electrons. The zero-order valence-electron chi connectivity index (χ0n) is 17.5. The molecule has 2 aliphatic rings. The Morgan fingerprint density at radius 3 is 2.50 bits per heavy atom. The number of nitrogens with zero attached hydrogens (tertiary/aromatic N) is 2. The van der Waals surface area contributed by atoms with Crippen LogP contribution in [0.3, 0.4) is 0 Å². The molecule has 30 heavy (non-hydrogen) atoms. The zero-order chi connectivity index (χ0) is 21.3. The van der Waals surface area contributed by atoms with Crippen molar-refractivity contribution in [3.05, 3.63) is 84.0 Å². The number of urea groups is 1. The number of hydrogen-bond acceptors (Lipinski definition) is 3. The second-order valence-corrected chi connectivity index (χ2v) is 8.17. The van der Waals surface area contributed by atoms with Crippen LogP contribution in [0.5, 0.6) is 5.75 Å². The number of imide groups is 1. The van der Waals surface area contributed by atoms with E-state index in [0.717, 1.165) is 23.3 Å². The molecule has 1 saturated heterocycles. The Morgan fingerprint density at radius 1 is 1.03 bits per heavy atom. The van der Waals surface area contributed by atoms with Crippen LogP contribution < -0.4 is 9.64 Å². The highest BCUT2D eigenvalue weighted by atomic mass is 16.5. The molecule has 0 N–H and O–H groups in total. The summed E-state index contributed by atoms with van der Waals surface area (Å²) in [5, 5.41) is 0. The van der Waals surface area contributed by atoms with Crippen molar-refractivity contribution in [1.29, 1.82) is 0 Å². The molecule has 5 heteroatoms. The standard InChI is InChI=1S/C25H26N2O3/c1-18-11-7-9-15-21(18)27-23(28)25(2,3)26(24(27)29)17-19-12-8-10-16-22(19)30-20-13-5-4-6-14-20/h4-13,15-16,20H,14,17H2,1-3H3. The summed E-state index contributed by atoms with van der Waals surface area (Å²) >= 11 is 0. The molecule has 2 aromatic rings. The summed E-state index contributed by atoms with van der Waals surface area (Å²) in [4.78, 5) is 29.5. The van der Waals surface area contributed by atoms with Gasteiger partial charge in [0.1, 0.15) is 17.4 Å². The number of amides is 3. The lowest BCUT2D eigenvalue weighted by molar-refractivity contribution is -0.123. The van der Waals surface area contributed by atoms with Gasteiger partial charge < -0.3 is 9.64 Å². The lowest BCUT2D eigenvalue weighted by Crippen LogP contribution is -2.43. The topological polar surface area (TPSA) is 49.9 Å². The summed E-state index contributed by atoms with van der Waals surface area (Å²) in [5.41, 5.74) is 1.44. The molecule has 1 fully saturated rings. The Morgan fingerprint density at radius 2 is 1.77 bits per heavy atom. The van der Waals surface area contributed by atoms with E-state index in [1.165, 1.54) is 4.90 Å². The van der Waals surface area contributed by atoms with E-state index in [9.17, 15) is 9.59 Å². The van der Waals surface area contributed by atoms with E-state index in [2.05, 4.69) is 6.08 Å². The third kappa shape index (κ3) is 3.52. The van der Waals surface area contributed by atoms with Gasteiger partial charge in [-0.1, -0.05) is 54.6 Å². The second kappa shape index (κ2) is 7.82. The van der Waals surface area contributed by atoms with E-state index in [1.54, 1.807) is 18.7 Å². The average molecular weight is 402 g/mol. The molecule has 3 amide bonds. The molecule has 2 aromatic carbocycles. The Kier molecular flexibility index (Phi) is 5.20. The molecule has 0 aromatic heterocycles. The van der Waals surface area contributed by atoms with Crippen LogP contribution in [0.2, 0.25) is 0 Å². The van der Waals surface area contributed by atoms with Crippen molar-refractivity contribution >= 4 is 17.6 Å². The average Bonchev–Trinajstić information content (AvgIpc) is 2.90. The summed E-state index contributed by atoms with van der Waals surface area (Å²) < 4.78 is 6.18. The quantitative estimate of drug-likeness (QED) is 0.661. The number of benzene rings is 2. The molecule has 1 aliphatic carbocycles. The molecule has 1 heterocycles. The van der Waals surface area contributed by atoms with E-state index in [-0.39, 0.29) is 18.0 Å². The third-order valence-electron chi connectivity index (χ3n) is 5.70. The van der Waals surface area contributed by atoms with Gasteiger partial charge in [0.25, 0.3) is 5.91 Å². The largest absolute Gasteiger partial charge is 0.486 e. The molecule has 1 aliphatic heterocycles. The van der Waals surface area contributed by atoms with Crippen LogP contribution in [-0.4, -0.2) is 28.5 Å². The van der Waals surface area contributed by atoms with Crippen molar-refractivity contribution in [3.8, 4) is 5.75 Å². The molecular formula is C25H26N2O3. The highest BCUT2D eigenvalue weighted by Crippen LogP contribution is 2.36. The molecule has 0 saturated carbocycles. The van der Waals surface area contributed by atoms with Gasteiger partial charge in [-0.2, -0.15) is 0 Å². The number of carbonyl (C=O) groups is 2.